The summed E-state index contributed by atoms with van der Waals surface area (Å²) in [5.41, 5.74) is 1.36. The van der Waals surface area contributed by atoms with Crippen molar-refractivity contribution >= 4 is 0 Å². The first-order chi connectivity index (χ1) is 8.72. The maximum Gasteiger partial charge on any atom is 0.119 e. The van der Waals surface area contributed by atoms with Crippen molar-refractivity contribution in [2.24, 2.45) is 0 Å². The van der Waals surface area contributed by atoms with E-state index in [0.717, 1.165) is 12.3 Å². The monoisotopic (exact) mass is 249 g/mol. The van der Waals surface area contributed by atoms with E-state index in [2.05, 4.69) is 44.3 Å². The normalized spacial score (nSPS) is 14.2. The van der Waals surface area contributed by atoms with Gasteiger partial charge < -0.3 is 10.1 Å². The van der Waals surface area contributed by atoms with Gasteiger partial charge in [-0.05, 0) is 43.0 Å². The second kappa shape index (κ2) is 8.15. The fourth-order valence-corrected chi connectivity index (χ4v) is 2.33. The van der Waals surface area contributed by atoms with Crippen LogP contribution in [0.15, 0.2) is 24.3 Å². The Hall–Kier alpha value is -1.02. The summed E-state index contributed by atoms with van der Waals surface area (Å²) in [5.74, 6) is 1.47. The highest BCUT2D eigenvalue weighted by atomic mass is 16.5. The summed E-state index contributed by atoms with van der Waals surface area (Å²) in [4.78, 5) is 0. The molecule has 0 amide bonds. The van der Waals surface area contributed by atoms with Gasteiger partial charge in [-0.1, -0.05) is 39.3 Å². The number of benzene rings is 1. The number of nitrogens with one attached hydrogen (secondary N) is 1. The average molecular weight is 249 g/mol. The van der Waals surface area contributed by atoms with Crippen LogP contribution in [0.2, 0.25) is 0 Å². The van der Waals surface area contributed by atoms with E-state index in [4.69, 9.17) is 4.74 Å². The predicted molar refractivity (Wildman–Crippen MR) is 78.4 cm³/mol. The average Bonchev–Trinajstić information content (AvgIpc) is 2.42. The topological polar surface area (TPSA) is 21.3 Å². The zero-order valence-corrected chi connectivity index (χ0v) is 12.2. The number of hydrogen-bond donors (Lipinski definition) is 1. The molecule has 2 heteroatoms. The smallest absolute Gasteiger partial charge is 0.119 e. The van der Waals surface area contributed by atoms with E-state index in [1.807, 2.05) is 6.07 Å². The summed E-state index contributed by atoms with van der Waals surface area (Å²) in [5, 5.41) is 3.67. The standard InChI is InChI=1S/C16H27NO/c1-5-8-16(17-11-6-2)13(3)14-9-7-10-15(12-14)18-4/h7,9-10,12-13,16-17H,5-6,8,11H2,1-4H3. The molecule has 0 aliphatic carbocycles. The lowest BCUT2D eigenvalue weighted by Gasteiger charge is -2.25. The van der Waals surface area contributed by atoms with E-state index in [-0.39, 0.29) is 0 Å². The second-order valence-electron chi connectivity index (χ2n) is 4.91. The van der Waals surface area contributed by atoms with Crippen molar-refractivity contribution in [3.63, 3.8) is 0 Å². The highest BCUT2D eigenvalue weighted by molar-refractivity contribution is 5.31. The minimum Gasteiger partial charge on any atom is -0.497 e. The summed E-state index contributed by atoms with van der Waals surface area (Å²) in [7, 11) is 1.72. The Morgan fingerprint density at radius 1 is 1.22 bits per heavy atom. The molecule has 0 fully saturated rings. The molecule has 0 radical (unpaired) electrons. The SMILES string of the molecule is CCCNC(CCC)C(C)c1cccc(OC)c1. The van der Waals surface area contributed by atoms with E-state index in [0.29, 0.717) is 12.0 Å². The number of hydrogen-bond acceptors (Lipinski definition) is 2. The van der Waals surface area contributed by atoms with Gasteiger partial charge in [-0.15, -0.1) is 0 Å². The van der Waals surface area contributed by atoms with Crippen LogP contribution in [0.5, 0.6) is 5.75 Å². The van der Waals surface area contributed by atoms with Crippen molar-refractivity contribution in [1.82, 2.24) is 5.32 Å². The molecule has 1 rings (SSSR count). The van der Waals surface area contributed by atoms with Gasteiger partial charge in [-0.3, -0.25) is 0 Å². The maximum atomic E-state index is 5.31. The van der Waals surface area contributed by atoms with Gasteiger partial charge in [0, 0.05) is 6.04 Å². The predicted octanol–water partition coefficient (Wildman–Crippen LogP) is 3.97. The Kier molecular flexibility index (Phi) is 6.81. The van der Waals surface area contributed by atoms with Gasteiger partial charge in [0.1, 0.15) is 5.75 Å². The molecule has 0 bridgehead atoms. The van der Waals surface area contributed by atoms with Crippen molar-refractivity contribution in [3.8, 4) is 5.75 Å². The molecule has 0 aliphatic rings. The molecular formula is C16H27NO. The van der Waals surface area contributed by atoms with Gasteiger partial charge in [0.2, 0.25) is 0 Å². The van der Waals surface area contributed by atoms with Crippen LogP contribution in [0.3, 0.4) is 0 Å². The van der Waals surface area contributed by atoms with E-state index >= 15 is 0 Å². The van der Waals surface area contributed by atoms with E-state index in [1.54, 1.807) is 7.11 Å². The molecular weight excluding hydrogens is 222 g/mol. The van der Waals surface area contributed by atoms with Crippen LogP contribution in [-0.2, 0) is 0 Å². The summed E-state index contributed by atoms with van der Waals surface area (Å²) in [6, 6.07) is 8.99. The third kappa shape index (κ3) is 4.34. The number of ether oxygens (including phenoxy) is 1. The van der Waals surface area contributed by atoms with Gasteiger partial charge in [0.05, 0.1) is 7.11 Å². The zero-order chi connectivity index (χ0) is 13.4. The summed E-state index contributed by atoms with van der Waals surface area (Å²) in [6.45, 7) is 7.86. The largest absolute Gasteiger partial charge is 0.497 e. The van der Waals surface area contributed by atoms with Crippen LogP contribution in [-0.4, -0.2) is 19.7 Å². The van der Waals surface area contributed by atoms with Gasteiger partial charge >= 0.3 is 0 Å². The Bertz CT molecular complexity index is 338. The Balaban J connectivity index is 2.76. The maximum absolute atomic E-state index is 5.31. The van der Waals surface area contributed by atoms with Crippen LogP contribution in [0.25, 0.3) is 0 Å². The van der Waals surface area contributed by atoms with Gasteiger partial charge in [0.15, 0.2) is 0 Å². The molecule has 102 valence electrons. The first kappa shape index (κ1) is 15.0. The zero-order valence-electron chi connectivity index (χ0n) is 12.2. The van der Waals surface area contributed by atoms with Crippen LogP contribution >= 0.6 is 0 Å². The molecule has 2 atom stereocenters. The summed E-state index contributed by atoms with van der Waals surface area (Å²) < 4.78 is 5.31. The molecule has 1 N–H and O–H groups in total. The van der Waals surface area contributed by atoms with Crippen LogP contribution in [0.4, 0.5) is 0 Å². The molecule has 0 aromatic heterocycles. The summed E-state index contributed by atoms with van der Waals surface area (Å²) in [6.07, 6.45) is 3.62. The molecule has 2 nitrogen and oxygen atoms in total. The van der Waals surface area contributed by atoms with Crippen molar-refractivity contribution in [2.45, 2.75) is 52.0 Å². The minimum absolute atomic E-state index is 0.520. The summed E-state index contributed by atoms with van der Waals surface area (Å²) >= 11 is 0. The highest BCUT2D eigenvalue weighted by Crippen LogP contribution is 2.25. The van der Waals surface area contributed by atoms with Crippen LogP contribution in [0.1, 0.15) is 51.5 Å². The van der Waals surface area contributed by atoms with E-state index in [1.165, 1.54) is 24.8 Å². The fourth-order valence-electron chi connectivity index (χ4n) is 2.33. The van der Waals surface area contributed by atoms with E-state index in [9.17, 15) is 0 Å². The number of rotatable bonds is 8. The highest BCUT2D eigenvalue weighted by Gasteiger charge is 2.17. The van der Waals surface area contributed by atoms with Crippen molar-refractivity contribution in [2.75, 3.05) is 13.7 Å². The Labute approximate surface area is 112 Å². The first-order valence-electron chi connectivity index (χ1n) is 7.10. The third-order valence-corrected chi connectivity index (χ3v) is 3.48. The lowest BCUT2D eigenvalue weighted by Crippen LogP contribution is -2.34. The molecule has 1 aromatic rings. The van der Waals surface area contributed by atoms with Crippen molar-refractivity contribution < 1.29 is 4.74 Å². The lowest BCUT2D eigenvalue weighted by molar-refractivity contribution is 0.406. The molecule has 0 heterocycles. The van der Waals surface area contributed by atoms with Crippen LogP contribution in [0, 0.1) is 0 Å². The molecule has 0 spiro atoms. The third-order valence-electron chi connectivity index (χ3n) is 3.48. The molecule has 1 aromatic carbocycles. The molecule has 0 saturated heterocycles. The number of methoxy groups -OCH3 is 1. The first-order valence-corrected chi connectivity index (χ1v) is 7.10. The van der Waals surface area contributed by atoms with Crippen molar-refractivity contribution in [1.29, 1.82) is 0 Å². The Morgan fingerprint density at radius 3 is 2.61 bits per heavy atom. The fraction of sp³-hybridized carbons (Fsp3) is 0.625. The molecule has 0 saturated carbocycles. The Morgan fingerprint density at radius 2 is 2.00 bits per heavy atom. The van der Waals surface area contributed by atoms with Crippen LogP contribution < -0.4 is 10.1 Å². The van der Waals surface area contributed by atoms with Crippen molar-refractivity contribution in [3.05, 3.63) is 29.8 Å². The van der Waals surface area contributed by atoms with Gasteiger partial charge in [-0.2, -0.15) is 0 Å². The second-order valence-corrected chi connectivity index (χ2v) is 4.91. The molecule has 0 aliphatic heterocycles. The van der Waals surface area contributed by atoms with E-state index < -0.39 is 0 Å². The van der Waals surface area contributed by atoms with Gasteiger partial charge in [-0.25, -0.2) is 0 Å². The molecule has 18 heavy (non-hydrogen) atoms. The lowest BCUT2D eigenvalue weighted by atomic mass is 9.90. The molecule has 2 unspecified atom stereocenters. The quantitative estimate of drug-likeness (QED) is 0.753. The van der Waals surface area contributed by atoms with Gasteiger partial charge in [0.25, 0.3) is 0 Å². The minimum atomic E-state index is 0.520.